The summed E-state index contributed by atoms with van der Waals surface area (Å²) in [4.78, 5) is 19.2. The second kappa shape index (κ2) is 6.93. The summed E-state index contributed by atoms with van der Waals surface area (Å²) in [6.07, 6.45) is 3.28. The molecule has 5 heteroatoms. The summed E-state index contributed by atoms with van der Waals surface area (Å²) < 4.78 is 5.47. The standard InChI is InChI=1S/C19H24N2O2S/c1-12(2)18-20-15(11-24-18)10-21(3)19(22)16-8-13-6-5-7-14(13)9-17(16)23-4/h8-9,11-12H,5-7,10H2,1-4H3. The fourth-order valence-electron chi connectivity index (χ4n) is 3.12. The number of methoxy groups -OCH3 is 1. The van der Waals surface area contributed by atoms with Gasteiger partial charge < -0.3 is 9.64 Å². The molecule has 1 heterocycles. The van der Waals surface area contributed by atoms with Crippen LogP contribution in [0.15, 0.2) is 17.5 Å². The maximum atomic E-state index is 12.9. The van der Waals surface area contributed by atoms with E-state index in [4.69, 9.17) is 4.74 Å². The fourth-order valence-corrected chi connectivity index (χ4v) is 3.94. The lowest BCUT2D eigenvalue weighted by atomic mass is 10.0. The third kappa shape index (κ3) is 3.31. The van der Waals surface area contributed by atoms with Crippen molar-refractivity contribution < 1.29 is 9.53 Å². The molecule has 0 unspecified atom stereocenters. The Hall–Kier alpha value is -1.88. The van der Waals surface area contributed by atoms with Crippen LogP contribution in [0, 0.1) is 0 Å². The molecule has 2 aromatic rings. The van der Waals surface area contributed by atoms with Crippen molar-refractivity contribution in [3.63, 3.8) is 0 Å². The third-order valence-corrected chi connectivity index (χ3v) is 5.65. The number of carbonyl (C=O) groups excluding carboxylic acids is 1. The highest BCUT2D eigenvalue weighted by molar-refractivity contribution is 7.09. The molecule has 0 spiro atoms. The number of aromatic nitrogens is 1. The molecule has 4 nitrogen and oxygen atoms in total. The zero-order valence-electron chi connectivity index (χ0n) is 14.8. The maximum Gasteiger partial charge on any atom is 0.257 e. The van der Waals surface area contributed by atoms with Crippen molar-refractivity contribution in [2.75, 3.05) is 14.2 Å². The molecule has 0 aliphatic heterocycles. The molecule has 1 aliphatic rings. The van der Waals surface area contributed by atoms with Crippen LogP contribution in [0.3, 0.4) is 0 Å². The van der Waals surface area contributed by atoms with E-state index in [0.717, 1.165) is 30.0 Å². The summed E-state index contributed by atoms with van der Waals surface area (Å²) in [5.74, 6) is 1.08. The number of aryl methyl sites for hydroxylation is 2. The number of nitrogens with zero attached hydrogens (tertiary/aromatic N) is 2. The molecule has 24 heavy (non-hydrogen) atoms. The van der Waals surface area contributed by atoms with Crippen LogP contribution in [0.2, 0.25) is 0 Å². The predicted molar refractivity (Wildman–Crippen MR) is 97.0 cm³/mol. The number of benzene rings is 1. The number of carbonyl (C=O) groups is 1. The van der Waals surface area contributed by atoms with Gasteiger partial charge in [-0.2, -0.15) is 0 Å². The largest absolute Gasteiger partial charge is 0.496 e. The van der Waals surface area contributed by atoms with Gasteiger partial charge in [0.15, 0.2) is 0 Å². The number of thiazole rings is 1. The average Bonchev–Trinajstić information content (AvgIpc) is 3.21. The number of fused-ring (bicyclic) bond motifs is 1. The van der Waals surface area contributed by atoms with Gasteiger partial charge in [-0.1, -0.05) is 13.8 Å². The van der Waals surface area contributed by atoms with E-state index in [1.807, 2.05) is 24.6 Å². The Kier molecular flexibility index (Phi) is 4.90. The molecular formula is C19H24N2O2S. The second-order valence-corrected chi connectivity index (χ2v) is 7.56. The first-order chi connectivity index (χ1) is 11.5. The third-order valence-electron chi connectivity index (χ3n) is 4.45. The van der Waals surface area contributed by atoms with E-state index in [2.05, 4.69) is 18.8 Å². The van der Waals surface area contributed by atoms with Crippen molar-refractivity contribution in [2.24, 2.45) is 0 Å². The molecule has 0 bridgehead atoms. The molecule has 0 saturated carbocycles. The van der Waals surface area contributed by atoms with E-state index in [1.54, 1.807) is 23.3 Å². The number of rotatable bonds is 5. The lowest BCUT2D eigenvalue weighted by Gasteiger charge is -2.18. The van der Waals surface area contributed by atoms with Gasteiger partial charge in [0.25, 0.3) is 5.91 Å². The minimum atomic E-state index is -0.0133. The molecule has 0 saturated heterocycles. The Morgan fingerprint density at radius 2 is 2.04 bits per heavy atom. The van der Waals surface area contributed by atoms with Crippen LogP contribution in [0.25, 0.3) is 0 Å². The van der Waals surface area contributed by atoms with E-state index < -0.39 is 0 Å². The summed E-state index contributed by atoms with van der Waals surface area (Å²) in [5.41, 5.74) is 4.19. The highest BCUT2D eigenvalue weighted by atomic mass is 32.1. The number of ether oxygens (including phenoxy) is 1. The molecule has 0 atom stereocenters. The highest BCUT2D eigenvalue weighted by Crippen LogP contribution is 2.31. The zero-order chi connectivity index (χ0) is 17.3. The summed E-state index contributed by atoms with van der Waals surface area (Å²) in [7, 11) is 3.45. The van der Waals surface area contributed by atoms with Gasteiger partial charge in [-0.15, -0.1) is 11.3 Å². The molecule has 1 amide bonds. The van der Waals surface area contributed by atoms with Gasteiger partial charge in [0, 0.05) is 18.3 Å². The molecule has 1 aromatic carbocycles. The van der Waals surface area contributed by atoms with Gasteiger partial charge in [-0.05, 0) is 42.5 Å². The lowest BCUT2D eigenvalue weighted by Crippen LogP contribution is -2.27. The molecule has 0 fully saturated rings. The van der Waals surface area contributed by atoms with Crippen molar-refractivity contribution >= 4 is 17.2 Å². The Morgan fingerprint density at radius 3 is 2.67 bits per heavy atom. The van der Waals surface area contributed by atoms with Gasteiger partial charge in [0.2, 0.25) is 0 Å². The molecule has 128 valence electrons. The van der Waals surface area contributed by atoms with Crippen LogP contribution in [0.1, 0.15) is 58.4 Å². The first-order valence-corrected chi connectivity index (χ1v) is 9.27. The van der Waals surface area contributed by atoms with Crippen molar-refractivity contribution in [1.82, 2.24) is 9.88 Å². The van der Waals surface area contributed by atoms with Crippen molar-refractivity contribution in [1.29, 1.82) is 0 Å². The molecule has 0 N–H and O–H groups in total. The second-order valence-electron chi connectivity index (χ2n) is 6.67. The Labute approximate surface area is 147 Å². The van der Waals surface area contributed by atoms with E-state index in [1.165, 1.54) is 11.1 Å². The van der Waals surface area contributed by atoms with Gasteiger partial charge in [0.1, 0.15) is 5.75 Å². The monoisotopic (exact) mass is 344 g/mol. The van der Waals surface area contributed by atoms with Crippen LogP contribution in [-0.4, -0.2) is 29.9 Å². The topological polar surface area (TPSA) is 42.4 Å². The highest BCUT2D eigenvalue weighted by Gasteiger charge is 2.22. The quantitative estimate of drug-likeness (QED) is 0.822. The normalized spacial score (nSPS) is 13.2. The molecule has 1 aromatic heterocycles. The minimum absolute atomic E-state index is 0.0133. The molecule has 0 radical (unpaired) electrons. The van der Waals surface area contributed by atoms with Crippen molar-refractivity contribution in [2.45, 2.75) is 45.6 Å². The molecule has 1 aliphatic carbocycles. The van der Waals surface area contributed by atoms with Crippen LogP contribution in [-0.2, 0) is 19.4 Å². The number of hydrogen-bond donors (Lipinski definition) is 0. The van der Waals surface area contributed by atoms with Gasteiger partial charge in [-0.3, -0.25) is 4.79 Å². The average molecular weight is 344 g/mol. The van der Waals surface area contributed by atoms with Crippen molar-refractivity contribution in [3.05, 3.63) is 44.9 Å². The van der Waals surface area contributed by atoms with Crippen LogP contribution in [0.4, 0.5) is 0 Å². The van der Waals surface area contributed by atoms with Gasteiger partial charge in [0.05, 0.1) is 29.9 Å². The van der Waals surface area contributed by atoms with E-state index in [0.29, 0.717) is 23.8 Å². The maximum absolute atomic E-state index is 12.9. The lowest BCUT2D eigenvalue weighted by molar-refractivity contribution is 0.0780. The minimum Gasteiger partial charge on any atom is -0.496 e. The summed E-state index contributed by atoms with van der Waals surface area (Å²) in [5, 5.41) is 3.15. The zero-order valence-corrected chi connectivity index (χ0v) is 15.6. The number of amides is 1. The van der Waals surface area contributed by atoms with Gasteiger partial charge in [-0.25, -0.2) is 4.98 Å². The first-order valence-electron chi connectivity index (χ1n) is 8.39. The van der Waals surface area contributed by atoms with Crippen LogP contribution < -0.4 is 4.74 Å². The SMILES string of the molecule is COc1cc2c(cc1C(=O)N(C)Cc1csc(C(C)C)n1)CCC2. The van der Waals surface area contributed by atoms with Gasteiger partial charge >= 0.3 is 0 Å². The summed E-state index contributed by atoms with van der Waals surface area (Å²) >= 11 is 1.66. The van der Waals surface area contributed by atoms with E-state index >= 15 is 0 Å². The van der Waals surface area contributed by atoms with Crippen LogP contribution >= 0.6 is 11.3 Å². The molecule has 3 rings (SSSR count). The predicted octanol–water partition coefficient (Wildman–Crippen LogP) is 4.04. The first kappa shape index (κ1) is 17.0. The summed E-state index contributed by atoms with van der Waals surface area (Å²) in [6, 6.07) is 4.05. The van der Waals surface area contributed by atoms with Crippen molar-refractivity contribution in [3.8, 4) is 5.75 Å². The fraction of sp³-hybridized carbons (Fsp3) is 0.474. The summed E-state index contributed by atoms with van der Waals surface area (Å²) in [6.45, 7) is 4.78. The Bertz CT molecular complexity index is 752. The van der Waals surface area contributed by atoms with E-state index in [9.17, 15) is 4.79 Å². The molecular weight excluding hydrogens is 320 g/mol. The Morgan fingerprint density at radius 1 is 1.33 bits per heavy atom. The van der Waals surface area contributed by atoms with E-state index in [-0.39, 0.29) is 5.91 Å². The smallest absolute Gasteiger partial charge is 0.257 e. The van der Waals surface area contributed by atoms with Crippen LogP contribution in [0.5, 0.6) is 5.75 Å². The Balaban J connectivity index is 1.80. The number of hydrogen-bond acceptors (Lipinski definition) is 4.